The highest BCUT2D eigenvalue weighted by Crippen LogP contribution is 2.32. The van der Waals surface area contributed by atoms with E-state index in [1.54, 1.807) is 6.92 Å². The summed E-state index contributed by atoms with van der Waals surface area (Å²) in [7, 11) is -2.85. The lowest BCUT2D eigenvalue weighted by atomic mass is 10.1. The zero-order chi connectivity index (χ0) is 26.8. The Morgan fingerprint density at radius 1 is 1.25 bits per heavy atom. The van der Waals surface area contributed by atoms with Crippen molar-refractivity contribution in [1.82, 2.24) is 20.4 Å². The van der Waals surface area contributed by atoms with E-state index in [4.69, 9.17) is 28.0 Å². The van der Waals surface area contributed by atoms with Gasteiger partial charge in [-0.1, -0.05) is 23.2 Å². The van der Waals surface area contributed by atoms with Crippen molar-refractivity contribution < 1.29 is 27.0 Å². The van der Waals surface area contributed by atoms with Gasteiger partial charge >= 0.3 is 6.18 Å². The third-order valence-electron chi connectivity index (χ3n) is 4.93. The van der Waals surface area contributed by atoms with E-state index in [0.29, 0.717) is 11.6 Å². The topological polar surface area (TPSA) is 129 Å². The molecule has 0 spiro atoms. The summed E-state index contributed by atoms with van der Waals surface area (Å²) in [4.78, 5) is 26.0. The quantitative estimate of drug-likeness (QED) is 0.399. The summed E-state index contributed by atoms with van der Waals surface area (Å²) in [6, 6.07) is 3.31. The molecule has 0 fully saturated rings. The van der Waals surface area contributed by atoms with Crippen molar-refractivity contribution in [2.24, 2.45) is 0 Å². The van der Waals surface area contributed by atoms with Gasteiger partial charge in [-0.15, -0.1) is 0 Å². The van der Waals surface area contributed by atoms with Crippen LogP contribution >= 0.6 is 23.2 Å². The first-order valence-electron chi connectivity index (χ1n) is 10.2. The van der Waals surface area contributed by atoms with Crippen LogP contribution in [-0.2, 0) is 15.9 Å². The average molecular weight is 565 g/mol. The molecule has 1 aliphatic rings. The van der Waals surface area contributed by atoms with Crippen molar-refractivity contribution in [1.29, 1.82) is 4.78 Å². The Hall–Kier alpha value is -3.03. The minimum Gasteiger partial charge on any atom is -0.365 e. The Morgan fingerprint density at radius 2 is 1.94 bits per heavy atom. The van der Waals surface area contributed by atoms with Gasteiger partial charge in [0.05, 0.1) is 16.3 Å². The van der Waals surface area contributed by atoms with Gasteiger partial charge in [0, 0.05) is 39.4 Å². The molecule has 0 bridgehead atoms. The first-order valence-corrected chi connectivity index (χ1v) is 13.1. The summed E-state index contributed by atoms with van der Waals surface area (Å²) < 4.78 is 60.1. The van der Waals surface area contributed by atoms with Crippen molar-refractivity contribution in [2.45, 2.75) is 19.3 Å². The Balaban J connectivity index is 1.98. The summed E-state index contributed by atoms with van der Waals surface area (Å²) in [6.45, 7) is 1.47. The number of alkyl halides is 3. The molecule has 15 heteroatoms. The van der Waals surface area contributed by atoms with Gasteiger partial charge in [-0.25, -0.2) is 4.68 Å². The van der Waals surface area contributed by atoms with E-state index in [9.17, 15) is 27.0 Å². The van der Waals surface area contributed by atoms with Crippen molar-refractivity contribution in [3.8, 4) is 0 Å². The van der Waals surface area contributed by atoms with Crippen LogP contribution in [0.2, 0.25) is 5.02 Å². The van der Waals surface area contributed by atoms with E-state index in [0.717, 1.165) is 4.68 Å². The van der Waals surface area contributed by atoms with Gasteiger partial charge in [0.1, 0.15) is 5.69 Å². The first-order chi connectivity index (χ1) is 16.7. The maximum absolute atomic E-state index is 13.4. The summed E-state index contributed by atoms with van der Waals surface area (Å²) in [5.74, 6) is -1.77. The smallest absolute Gasteiger partial charge is 0.365 e. The number of hydrogen-bond donors (Lipinski definition) is 4. The van der Waals surface area contributed by atoms with Crippen LogP contribution in [-0.4, -0.2) is 44.4 Å². The third kappa shape index (κ3) is 6.59. The van der Waals surface area contributed by atoms with E-state index in [2.05, 4.69) is 21.0 Å². The molecule has 0 radical (unpaired) electrons. The fraction of sp³-hybridized carbons (Fsp3) is 0.286. The summed E-state index contributed by atoms with van der Waals surface area (Å²) in [5, 5.41) is 11.5. The zero-order valence-corrected chi connectivity index (χ0v) is 21.2. The number of carbonyl (C=O) groups excluding carboxylic acids is 2. The number of amides is 2. The lowest BCUT2D eigenvalue weighted by Crippen LogP contribution is -2.31. The molecule has 36 heavy (non-hydrogen) atoms. The molecule has 1 aromatic heterocycles. The number of dihydropyridines is 1. The van der Waals surface area contributed by atoms with Crippen LogP contribution in [0.1, 0.15) is 38.3 Å². The number of benzene rings is 1. The van der Waals surface area contributed by atoms with Gasteiger partial charge in [0.2, 0.25) is 0 Å². The van der Waals surface area contributed by atoms with E-state index in [1.165, 1.54) is 36.7 Å². The molecule has 2 unspecified atom stereocenters. The zero-order valence-electron chi connectivity index (χ0n) is 18.9. The summed E-state index contributed by atoms with van der Waals surface area (Å²) >= 11 is 12.2. The number of hydrogen-bond acceptors (Lipinski definition) is 6. The van der Waals surface area contributed by atoms with Gasteiger partial charge in [-0.05, 0) is 43.0 Å². The molecule has 4 N–H and O–H groups in total. The molecule has 2 amide bonds. The molecule has 2 atom stereocenters. The number of nitrogens with zero attached hydrogens (tertiary/aromatic N) is 2. The number of allylic oxidation sites excluding steroid dienone is 2. The fourth-order valence-electron chi connectivity index (χ4n) is 3.26. The Morgan fingerprint density at radius 3 is 2.56 bits per heavy atom. The van der Waals surface area contributed by atoms with E-state index in [1.807, 2.05) is 0 Å². The number of aryl methyl sites for hydroxylation is 1. The largest absolute Gasteiger partial charge is 0.435 e. The maximum atomic E-state index is 13.4. The highest BCUT2D eigenvalue weighted by Gasteiger charge is 2.37. The van der Waals surface area contributed by atoms with E-state index >= 15 is 0 Å². The van der Waals surface area contributed by atoms with Crippen molar-refractivity contribution in [2.75, 3.05) is 23.9 Å². The van der Waals surface area contributed by atoms with Crippen molar-refractivity contribution in [3.05, 3.63) is 69.1 Å². The number of carbonyl (C=O) groups is 2. The highest BCUT2D eigenvalue weighted by molar-refractivity contribution is 7.91. The number of anilines is 1. The van der Waals surface area contributed by atoms with Gasteiger partial charge < -0.3 is 16.0 Å². The molecule has 0 saturated carbocycles. The number of halogens is 5. The minimum atomic E-state index is -4.84. The predicted octanol–water partition coefficient (Wildman–Crippen LogP) is 4.26. The highest BCUT2D eigenvalue weighted by atomic mass is 35.5. The lowest BCUT2D eigenvalue weighted by Gasteiger charge is -2.22. The van der Waals surface area contributed by atoms with Gasteiger partial charge in [-0.2, -0.15) is 18.3 Å². The Bertz CT molecular complexity index is 1370. The second kappa shape index (κ2) is 10.5. The van der Waals surface area contributed by atoms with Gasteiger partial charge in [0.25, 0.3) is 11.8 Å². The second-order valence-corrected chi connectivity index (χ2v) is 11.2. The number of rotatable bonds is 7. The van der Waals surface area contributed by atoms with Crippen LogP contribution in [0.3, 0.4) is 0 Å². The summed E-state index contributed by atoms with van der Waals surface area (Å²) in [6.07, 6.45) is -0.271. The normalized spacial score (nSPS) is 17.1. The predicted molar refractivity (Wildman–Crippen MR) is 131 cm³/mol. The Labute approximate surface area is 214 Å². The molecule has 1 aliphatic heterocycles. The molecule has 2 heterocycles. The number of nitrogens with one attached hydrogen (secondary N) is 4. The molecule has 0 aliphatic carbocycles. The SMILES string of the molecule is Cc1cc(Cl)cc(C(=O)NCCS(C)(=N)=O)c1NC(=O)c1cc(C(F)(F)F)nn1C1NC=CC=C1Cl. The maximum Gasteiger partial charge on any atom is 0.435 e. The standard InChI is InChI=1S/C21H21Cl2F3N6O3S/c1-11-8-12(22)9-13(19(33)29-6-7-36(2,27)35)17(11)30-20(34)15-10-16(21(24,25)26)31-32(15)18-14(23)4-3-5-28-18/h3-5,8-10,18,27-28H,6-7H2,1-2H3,(H,29,33)(H,30,34). The minimum absolute atomic E-state index is 0.00412. The van der Waals surface area contributed by atoms with Crippen LogP contribution in [0.4, 0.5) is 18.9 Å². The molecule has 9 nitrogen and oxygen atoms in total. The van der Waals surface area contributed by atoms with Crippen LogP contribution in [0, 0.1) is 11.7 Å². The average Bonchev–Trinajstić information content (AvgIpc) is 3.20. The molecule has 2 aromatic rings. The molecular formula is C21H21Cl2F3N6O3S. The molecular weight excluding hydrogens is 544 g/mol. The summed E-state index contributed by atoms with van der Waals surface area (Å²) in [5.41, 5.74) is -1.48. The lowest BCUT2D eigenvalue weighted by molar-refractivity contribution is -0.141. The van der Waals surface area contributed by atoms with Crippen molar-refractivity contribution >= 4 is 50.4 Å². The first kappa shape index (κ1) is 27.6. The van der Waals surface area contributed by atoms with Crippen LogP contribution in [0.25, 0.3) is 0 Å². The van der Waals surface area contributed by atoms with E-state index in [-0.39, 0.29) is 33.6 Å². The van der Waals surface area contributed by atoms with Gasteiger partial charge in [-0.3, -0.25) is 18.6 Å². The van der Waals surface area contributed by atoms with E-state index < -0.39 is 45.3 Å². The van der Waals surface area contributed by atoms with Gasteiger partial charge in [0.15, 0.2) is 11.9 Å². The van der Waals surface area contributed by atoms with Crippen LogP contribution in [0.15, 0.2) is 41.6 Å². The Kier molecular flexibility index (Phi) is 8.06. The third-order valence-corrected chi connectivity index (χ3v) is 6.47. The van der Waals surface area contributed by atoms with Crippen LogP contribution < -0.4 is 16.0 Å². The van der Waals surface area contributed by atoms with Crippen LogP contribution in [0.5, 0.6) is 0 Å². The second-order valence-electron chi connectivity index (χ2n) is 7.90. The molecule has 0 saturated heterocycles. The monoisotopic (exact) mass is 564 g/mol. The number of aromatic nitrogens is 2. The fourth-order valence-corrected chi connectivity index (χ4v) is 4.26. The molecule has 194 valence electrons. The molecule has 1 aromatic carbocycles. The molecule has 3 rings (SSSR count). The van der Waals surface area contributed by atoms with Crippen molar-refractivity contribution in [3.63, 3.8) is 0 Å².